The Morgan fingerprint density at radius 1 is 1.24 bits per heavy atom. The van der Waals surface area contributed by atoms with Gasteiger partial charge in [0.05, 0.1) is 5.69 Å². The zero-order chi connectivity index (χ0) is 12.4. The molecule has 0 atom stereocenters. The largest absolute Gasteiger partial charge is 0.398 e. The molecule has 4 heteroatoms. The van der Waals surface area contributed by atoms with Gasteiger partial charge in [0.25, 0.3) is 0 Å². The molecule has 0 fully saturated rings. The van der Waals surface area contributed by atoms with Crippen LogP contribution in [0.25, 0.3) is 0 Å². The van der Waals surface area contributed by atoms with Gasteiger partial charge in [-0.2, -0.15) is 0 Å². The Balaban J connectivity index is 2.31. The zero-order valence-corrected chi connectivity index (χ0v) is 11.4. The fourth-order valence-electron chi connectivity index (χ4n) is 1.48. The van der Waals surface area contributed by atoms with Crippen molar-refractivity contribution in [3.05, 3.63) is 46.1 Å². The quantitative estimate of drug-likeness (QED) is 0.885. The second-order valence-electron chi connectivity index (χ2n) is 4.03. The van der Waals surface area contributed by atoms with E-state index in [0.717, 1.165) is 27.2 Å². The summed E-state index contributed by atoms with van der Waals surface area (Å²) in [6.07, 6.45) is 1.77. The van der Waals surface area contributed by atoms with Crippen molar-refractivity contribution in [3.63, 3.8) is 0 Å². The molecule has 0 aliphatic rings. The van der Waals surface area contributed by atoms with Gasteiger partial charge in [-0.1, -0.05) is 6.07 Å². The number of nitrogen functional groups attached to an aromatic ring is 1. The summed E-state index contributed by atoms with van der Waals surface area (Å²) in [6, 6.07) is 7.95. The van der Waals surface area contributed by atoms with E-state index in [2.05, 4.69) is 39.2 Å². The maximum absolute atomic E-state index is 5.85. The van der Waals surface area contributed by atoms with E-state index < -0.39 is 0 Å². The van der Waals surface area contributed by atoms with Gasteiger partial charge in [-0.3, -0.25) is 0 Å². The first-order valence-electron chi connectivity index (χ1n) is 5.31. The van der Waals surface area contributed by atoms with Gasteiger partial charge in [-0.25, -0.2) is 4.98 Å². The smallest absolute Gasteiger partial charge is 0.132 e. The number of pyridine rings is 1. The van der Waals surface area contributed by atoms with E-state index in [-0.39, 0.29) is 0 Å². The van der Waals surface area contributed by atoms with Gasteiger partial charge in [0.1, 0.15) is 5.82 Å². The van der Waals surface area contributed by atoms with Crippen LogP contribution in [0.15, 0.2) is 34.9 Å². The first-order chi connectivity index (χ1) is 8.06. The molecule has 3 N–H and O–H groups in total. The summed E-state index contributed by atoms with van der Waals surface area (Å²) in [4.78, 5) is 4.29. The molecule has 0 spiro atoms. The average Bonchev–Trinajstić information content (AvgIpc) is 2.29. The highest BCUT2D eigenvalue weighted by Gasteiger charge is 2.03. The molecule has 1 aromatic heterocycles. The fraction of sp³-hybridized carbons (Fsp3) is 0.154. The van der Waals surface area contributed by atoms with Crippen LogP contribution in [0.2, 0.25) is 0 Å². The van der Waals surface area contributed by atoms with Crippen molar-refractivity contribution in [2.75, 3.05) is 11.1 Å². The molecule has 0 unspecified atom stereocenters. The SMILES string of the molecule is Cc1ccc(Br)c(Nc2cc(N)c(C)cn2)c1. The van der Waals surface area contributed by atoms with E-state index in [4.69, 9.17) is 5.73 Å². The molecular weight excluding hydrogens is 278 g/mol. The Labute approximate surface area is 109 Å². The van der Waals surface area contributed by atoms with E-state index in [1.165, 1.54) is 5.56 Å². The molecule has 0 bridgehead atoms. The topological polar surface area (TPSA) is 50.9 Å². The molecule has 17 heavy (non-hydrogen) atoms. The first kappa shape index (κ1) is 11.9. The summed E-state index contributed by atoms with van der Waals surface area (Å²) < 4.78 is 1.00. The number of benzene rings is 1. The van der Waals surface area contributed by atoms with Gasteiger partial charge in [0, 0.05) is 22.4 Å². The highest BCUT2D eigenvalue weighted by Crippen LogP contribution is 2.27. The molecule has 2 aromatic rings. The Hall–Kier alpha value is -1.55. The van der Waals surface area contributed by atoms with Crippen LogP contribution >= 0.6 is 15.9 Å². The zero-order valence-electron chi connectivity index (χ0n) is 9.79. The van der Waals surface area contributed by atoms with Crippen LogP contribution in [0.4, 0.5) is 17.2 Å². The number of aromatic nitrogens is 1. The second kappa shape index (κ2) is 4.75. The Morgan fingerprint density at radius 3 is 2.71 bits per heavy atom. The number of halogens is 1. The van der Waals surface area contributed by atoms with Crippen LogP contribution in [0.3, 0.4) is 0 Å². The summed E-state index contributed by atoms with van der Waals surface area (Å²) in [5.41, 5.74) is 9.75. The van der Waals surface area contributed by atoms with Crippen molar-refractivity contribution in [1.29, 1.82) is 0 Å². The van der Waals surface area contributed by atoms with Crippen molar-refractivity contribution < 1.29 is 0 Å². The van der Waals surface area contributed by atoms with Crippen LogP contribution in [-0.2, 0) is 0 Å². The second-order valence-corrected chi connectivity index (χ2v) is 4.89. The number of aryl methyl sites for hydroxylation is 2. The molecule has 0 aliphatic carbocycles. The number of rotatable bonds is 2. The third-order valence-corrected chi connectivity index (χ3v) is 3.22. The van der Waals surface area contributed by atoms with Crippen molar-refractivity contribution in [2.24, 2.45) is 0 Å². The minimum Gasteiger partial charge on any atom is -0.398 e. The summed E-state index contributed by atoms with van der Waals surface area (Å²) >= 11 is 3.50. The van der Waals surface area contributed by atoms with Gasteiger partial charge >= 0.3 is 0 Å². The maximum Gasteiger partial charge on any atom is 0.132 e. The van der Waals surface area contributed by atoms with E-state index in [0.29, 0.717) is 0 Å². The van der Waals surface area contributed by atoms with Gasteiger partial charge in [0.15, 0.2) is 0 Å². The Kier molecular flexibility index (Phi) is 3.33. The highest BCUT2D eigenvalue weighted by molar-refractivity contribution is 9.10. The lowest BCUT2D eigenvalue weighted by molar-refractivity contribution is 1.26. The van der Waals surface area contributed by atoms with Crippen LogP contribution < -0.4 is 11.1 Å². The molecule has 0 aliphatic heterocycles. The standard InChI is InChI=1S/C13H14BrN3/c1-8-3-4-10(14)12(5-8)17-13-6-11(15)9(2)7-16-13/h3-7H,1-2H3,(H3,15,16,17). The third-order valence-electron chi connectivity index (χ3n) is 2.53. The van der Waals surface area contributed by atoms with E-state index >= 15 is 0 Å². The molecule has 1 heterocycles. The molecule has 0 amide bonds. The molecule has 0 radical (unpaired) electrons. The normalized spacial score (nSPS) is 10.3. The average molecular weight is 292 g/mol. The lowest BCUT2D eigenvalue weighted by Gasteiger charge is -2.10. The van der Waals surface area contributed by atoms with E-state index in [9.17, 15) is 0 Å². The molecular formula is C13H14BrN3. The van der Waals surface area contributed by atoms with Gasteiger partial charge in [-0.05, 0) is 53.0 Å². The van der Waals surface area contributed by atoms with Crippen molar-refractivity contribution in [3.8, 4) is 0 Å². The number of nitrogens with zero attached hydrogens (tertiary/aromatic N) is 1. The van der Waals surface area contributed by atoms with Gasteiger partial charge in [-0.15, -0.1) is 0 Å². The monoisotopic (exact) mass is 291 g/mol. The summed E-state index contributed by atoms with van der Waals surface area (Å²) in [5, 5.41) is 3.24. The van der Waals surface area contributed by atoms with Crippen LogP contribution in [-0.4, -0.2) is 4.98 Å². The van der Waals surface area contributed by atoms with Crippen LogP contribution in [0.5, 0.6) is 0 Å². The Bertz CT molecular complexity index is 552. The van der Waals surface area contributed by atoms with Gasteiger partial charge < -0.3 is 11.1 Å². The highest BCUT2D eigenvalue weighted by atomic mass is 79.9. The lowest BCUT2D eigenvalue weighted by atomic mass is 10.2. The molecule has 3 nitrogen and oxygen atoms in total. The van der Waals surface area contributed by atoms with E-state index in [1.807, 2.05) is 25.1 Å². The van der Waals surface area contributed by atoms with Crippen molar-refractivity contribution in [2.45, 2.75) is 13.8 Å². The van der Waals surface area contributed by atoms with E-state index in [1.54, 1.807) is 6.20 Å². The summed E-state index contributed by atoms with van der Waals surface area (Å²) in [5.74, 6) is 0.749. The van der Waals surface area contributed by atoms with Crippen molar-refractivity contribution in [1.82, 2.24) is 4.98 Å². The predicted octanol–water partition coefficient (Wildman–Crippen LogP) is 3.79. The summed E-state index contributed by atoms with van der Waals surface area (Å²) in [6.45, 7) is 3.99. The third kappa shape index (κ3) is 2.77. The Morgan fingerprint density at radius 2 is 2.00 bits per heavy atom. The number of nitrogens with two attached hydrogens (primary N) is 1. The summed E-state index contributed by atoms with van der Waals surface area (Å²) in [7, 11) is 0. The van der Waals surface area contributed by atoms with Gasteiger partial charge in [0.2, 0.25) is 0 Å². The molecule has 0 saturated heterocycles. The minimum absolute atomic E-state index is 0.742. The number of hydrogen-bond acceptors (Lipinski definition) is 3. The number of nitrogens with one attached hydrogen (secondary N) is 1. The minimum atomic E-state index is 0.742. The molecule has 1 aromatic carbocycles. The fourth-order valence-corrected chi connectivity index (χ4v) is 1.83. The predicted molar refractivity (Wildman–Crippen MR) is 75.5 cm³/mol. The number of anilines is 3. The lowest BCUT2D eigenvalue weighted by Crippen LogP contribution is -1.98. The molecule has 2 rings (SSSR count). The van der Waals surface area contributed by atoms with Crippen LogP contribution in [0, 0.1) is 13.8 Å². The molecule has 88 valence electrons. The maximum atomic E-state index is 5.85. The molecule has 0 saturated carbocycles. The van der Waals surface area contributed by atoms with Crippen LogP contribution in [0.1, 0.15) is 11.1 Å². The van der Waals surface area contributed by atoms with Crippen molar-refractivity contribution >= 4 is 33.1 Å². The number of hydrogen-bond donors (Lipinski definition) is 2. The first-order valence-corrected chi connectivity index (χ1v) is 6.11.